The molecule has 2 N–H and O–H groups in total. The molecular weight excluding hydrogens is 342 g/mol. The Labute approximate surface area is 154 Å². The third-order valence-corrected chi connectivity index (χ3v) is 4.65. The molecule has 0 radical (unpaired) electrons. The average molecular weight is 359 g/mol. The van der Waals surface area contributed by atoms with Gasteiger partial charge in [0.1, 0.15) is 5.56 Å². The van der Waals surface area contributed by atoms with E-state index in [9.17, 15) is 14.7 Å². The SMILES string of the molecule is CC(=C1C=Nc2ccccc21)c1c(O)n(-c2cccc(C)c2)c(=O)[nH]c1=O. The fourth-order valence-electron chi connectivity index (χ4n) is 3.32. The number of hydrogen-bond donors (Lipinski definition) is 2. The fraction of sp³-hybridized carbons (Fsp3) is 0.0952. The van der Waals surface area contributed by atoms with Crippen LogP contribution in [0.4, 0.5) is 5.69 Å². The minimum Gasteiger partial charge on any atom is -0.494 e. The summed E-state index contributed by atoms with van der Waals surface area (Å²) in [5, 5.41) is 10.8. The van der Waals surface area contributed by atoms with Gasteiger partial charge in [-0.05, 0) is 43.2 Å². The van der Waals surface area contributed by atoms with E-state index in [0.29, 0.717) is 11.3 Å². The van der Waals surface area contributed by atoms with Gasteiger partial charge >= 0.3 is 5.69 Å². The van der Waals surface area contributed by atoms with E-state index in [2.05, 4.69) is 9.98 Å². The lowest BCUT2D eigenvalue weighted by atomic mass is 9.98. The molecule has 0 aliphatic carbocycles. The molecule has 1 aliphatic heterocycles. The molecule has 0 saturated carbocycles. The van der Waals surface area contributed by atoms with Crippen LogP contribution in [-0.4, -0.2) is 20.9 Å². The van der Waals surface area contributed by atoms with E-state index in [4.69, 9.17) is 0 Å². The lowest BCUT2D eigenvalue weighted by Gasteiger charge is -2.13. The van der Waals surface area contributed by atoms with Crippen molar-refractivity contribution < 1.29 is 5.11 Å². The van der Waals surface area contributed by atoms with Crippen molar-refractivity contribution in [2.75, 3.05) is 0 Å². The molecule has 0 fully saturated rings. The first kappa shape index (κ1) is 16.8. The minimum atomic E-state index is -0.690. The molecule has 2 heterocycles. The summed E-state index contributed by atoms with van der Waals surface area (Å²) in [5.41, 5.74) is 3.09. The maximum atomic E-state index is 12.5. The highest BCUT2D eigenvalue weighted by Gasteiger charge is 2.22. The Morgan fingerprint density at radius 2 is 1.89 bits per heavy atom. The number of rotatable bonds is 2. The molecule has 6 heteroatoms. The first-order valence-electron chi connectivity index (χ1n) is 8.47. The molecular formula is C21H17N3O3. The van der Waals surface area contributed by atoms with E-state index in [1.165, 1.54) is 0 Å². The number of nitrogens with one attached hydrogen (secondary N) is 1. The second-order valence-electron chi connectivity index (χ2n) is 6.45. The lowest BCUT2D eigenvalue weighted by molar-refractivity contribution is 0.429. The number of benzene rings is 2. The summed E-state index contributed by atoms with van der Waals surface area (Å²) in [6.45, 7) is 3.62. The Hall–Kier alpha value is -3.67. The maximum Gasteiger partial charge on any atom is 0.335 e. The topological polar surface area (TPSA) is 87.4 Å². The van der Waals surface area contributed by atoms with Gasteiger partial charge in [-0.3, -0.25) is 14.8 Å². The van der Waals surface area contributed by atoms with E-state index < -0.39 is 17.1 Å². The van der Waals surface area contributed by atoms with Crippen molar-refractivity contribution in [3.63, 3.8) is 0 Å². The van der Waals surface area contributed by atoms with Gasteiger partial charge in [-0.1, -0.05) is 30.3 Å². The van der Waals surface area contributed by atoms with Gasteiger partial charge in [-0.15, -0.1) is 0 Å². The van der Waals surface area contributed by atoms with E-state index in [0.717, 1.165) is 27.0 Å². The van der Waals surface area contributed by atoms with Gasteiger partial charge in [0.15, 0.2) is 0 Å². The molecule has 27 heavy (non-hydrogen) atoms. The average Bonchev–Trinajstić information content (AvgIpc) is 3.05. The van der Waals surface area contributed by atoms with Crippen molar-refractivity contribution in [3.8, 4) is 11.6 Å². The summed E-state index contributed by atoms with van der Waals surface area (Å²) >= 11 is 0. The number of fused-ring (bicyclic) bond motifs is 1. The summed E-state index contributed by atoms with van der Waals surface area (Å²) in [6.07, 6.45) is 1.67. The quantitative estimate of drug-likeness (QED) is 0.737. The minimum absolute atomic E-state index is 0.0502. The van der Waals surface area contributed by atoms with Crippen LogP contribution in [0.2, 0.25) is 0 Å². The number of aromatic amines is 1. The zero-order valence-corrected chi connectivity index (χ0v) is 14.9. The first-order valence-corrected chi connectivity index (χ1v) is 8.47. The molecule has 3 aromatic rings. The molecule has 0 bridgehead atoms. The van der Waals surface area contributed by atoms with Crippen LogP contribution in [0.1, 0.15) is 23.6 Å². The Bertz CT molecular complexity index is 1250. The molecule has 0 spiro atoms. The zero-order valence-electron chi connectivity index (χ0n) is 14.9. The molecule has 2 aromatic carbocycles. The fourth-order valence-corrected chi connectivity index (χ4v) is 3.32. The molecule has 0 atom stereocenters. The number of nitrogens with zero attached hydrogens (tertiary/aromatic N) is 2. The smallest absolute Gasteiger partial charge is 0.335 e. The largest absolute Gasteiger partial charge is 0.494 e. The third-order valence-electron chi connectivity index (χ3n) is 4.65. The molecule has 0 unspecified atom stereocenters. The summed E-state index contributed by atoms with van der Waals surface area (Å²) in [6, 6.07) is 14.7. The molecule has 1 aromatic heterocycles. The molecule has 1 aliphatic rings. The van der Waals surface area contributed by atoms with E-state index in [1.54, 1.807) is 31.3 Å². The summed E-state index contributed by atoms with van der Waals surface area (Å²) in [5.74, 6) is -0.392. The predicted molar refractivity (Wildman–Crippen MR) is 106 cm³/mol. The highest BCUT2D eigenvalue weighted by atomic mass is 16.3. The number of aryl methyl sites for hydroxylation is 1. The van der Waals surface area contributed by atoms with Gasteiger partial charge in [0.2, 0.25) is 5.88 Å². The van der Waals surface area contributed by atoms with Crippen LogP contribution in [-0.2, 0) is 0 Å². The van der Waals surface area contributed by atoms with E-state index in [-0.39, 0.29) is 5.56 Å². The maximum absolute atomic E-state index is 12.5. The number of hydrogen-bond acceptors (Lipinski definition) is 4. The van der Waals surface area contributed by atoms with Gasteiger partial charge < -0.3 is 5.11 Å². The van der Waals surface area contributed by atoms with Crippen molar-refractivity contribution in [2.24, 2.45) is 4.99 Å². The normalized spacial score (nSPS) is 14.3. The number of allylic oxidation sites excluding steroid dienone is 2. The number of aromatic hydroxyl groups is 1. The molecule has 134 valence electrons. The Balaban J connectivity index is 2.00. The Morgan fingerprint density at radius 3 is 2.67 bits per heavy atom. The summed E-state index contributed by atoms with van der Waals surface area (Å²) in [4.78, 5) is 31.5. The van der Waals surface area contributed by atoms with Gasteiger partial charge in [-0.25, -0.2) is 9.36 Å². The Kier molecular flexibility index (Phi) is 3.88. The zero-order chi connectivity index (χ0) is 19.1. The van der Waals surface area contributed by atoms with Crippen LogP contribution >= 0.6 is 0 Å². The van der Waals surface area contributed by atoms with Crippen molar-refractivity contribution in [3.05, 3.63) is 86.1 Å². The third kappa shape index (κ3) is 2.71. The Morgan fingerprint density at radius 1 is 1.11 bits per heavy atom. The van der Waals surface area contributed by atoms with Gasteiger partial charge in [0, 0.05) is 17.4 Å². The highest BCUT2D eigenvalue weighted by Crippen LogP contribution is 2.36. The van der Waals surface area contributed by atoms with Crippen molar-refractivity contribution in [1.29, 1.82) is 0 Å². The number of para-hydroxylation sites is 1. The van der Waals surface area contributed by atoms with Crippen LogP contribution in [0.3, 0.4) is 0 Å². The number of H-pyrrole nitrogens is 1. The predicted octanol–water partition coefficient (Wildman–Crippen LogP) is 3.19. The second kappa shape index (κ2) is 6.25. The van der Waals surface area contributed by atoms with Crippen molar-refractivity contribution >= 4 is 23.0 Å². The van der Waals surface area contributed by atoms with Crippen molar-refractivity contribution in [1.82, 2.24) is 9.55 Å². The van der Waals surface area contributed by atoms with Crippen LogP contribution in [0, 0.1) is 6.92 Å². The van der Waals surface area contributed by atoms with E-state index >= 15 is 0 Å². The second-order valence-corrected chi connectivity index (χ2v) is 6.45. The summed E-state index contributed by atoms with van der Waals surface area (Å²) in [7, 11) is 0. The lowest BCUT2D eigenvalue weighted by Crippen LogP contribution is -2.31. The van der Waals surface area contributed by atoms with Gasteiger partial charge in [0.25, 0.3) is 5.56 Å². The molecule has 4 rings (SSSR count). The first-order chi connectivity index (χ1) is 13.0. The van der Waals surface area contributed by atoms with Crippen LogP contribution in [0.5, 0.6) is 5.88 Å². The van der Waals surface area contributed by atoms with Gasteiger partial charge in [0.05, 0.1) is 11.4 Å². The van der Waals surface area contributed by atoms with Gasteiger partial charge in [-0.2, -0.15) is 0 Å². The monoisotopic (exact) mass is 359 g/mol. The van der Waals surface area contributed by atoms with Crippen molar-refractivity contribution in [2.45, 2.75) is 13.8 Å². The van der Waals surface area contributed by atoms with Crippen LogP contribution in [0.25, 0.3) is 16.8 Å². The van der Waals surface area contributed by atoms with Crippen LogP contribution in [0.15, 0.2) is 63.1 Å². The standard InChI is InChI=1S/C21H17N3O3/c1-12-6-5-7-14(10-12)24-20(26)18(19(25)23-21(24)27)13(2)16-11-22-17-9-4-3-8-15(16)17/h3-11,26H,1-2H3,(H,23,25,27). The van der Waals surface area contributed by atoms with Crippen LogP contribution < -0.4 is 11.2 Å². The van der Waals surface area contributed by atoms with E-state index in [1.807, 2.05) is 37.3 Å². The number of aromatic nitrogens is 2. The summed E-state index contributed by atoms with van der Waals surface area (Å²) < 4.78 is 1.10. The molecule has 0 saturated heterocycles. The highest BCUT2D eigenvalue weighted by molar-refractivity contribution is 6.24. The molecule has 6 nitrogen and oxygen atoms in total. The molecule has 0 amide bonds. The number of aliphatic imine (C=N–C) groups is 1.